The summed E-state index contributed by atoms with van der Waals surface area (Å²) in [4.78, 5) is 20.7. The van der Waals surface area contributed by atoms with E-state index in [9.17, 15) is 9.59 Å². The van der Waals surface area contributed by atoms with Crippen molar-refractivity contribution < 1.29 is 14.0 Å². The SMILES string of the molecule is Clc1ccccc1.O=C1CCCC1.O=C1CCCCC1.c1ccc2occc2c1. The Morgan fingerprint density at radius 2 is 1.14 bits per heavy atom. The third-order valence-electron chi connectivity index (χ3n) is 4.67. The highest BCUT2D eigenvalue weighted by molar-refractivity contribution is 6.30. The second kappa shape index (κ2) is 13.7. The molecule has 0 unspecified atom stereocenters. The zero-order valence-electron chi connectivity index (χ0n) is 16.8. The molecule has 4 heteroatoms. The fraction of sp³-hybridized carbons (Fsp3) is 0.360. The van der Waals surface area contributed by atoms with Crippen LogP contribution in [-0.4, -0.2) is 11.6 Å². The summed E-state index contributed by atoms with van der Waals surface area (Å²) in [5, 5.41) is 1.96. The van der Waals surface area contributed by atoms with Gasteiger partial charge in [0.1, 0.15) is 17.1 Å². The normalized spacial score (nSPS) is 15.3. The van der Waals surface area contributed by atoms with Crippen molar-refractivity contribution in [2.45, 2.75) is 57.8 Å². The molecule has 0 saturated heterocycles. The molecule has 1 aromatic heterocycles. The first-order valence-corrected chi connectivity index (χ1v) is 10.7. The summed E-state index contributed by atoms with van der Waals surface area (Å²) < 4.78 is 5.12. The number of fused-ring (bicyclic) bond motifs is 1. The van der Waals surface area contributed by atoms with Crippen LogP contribution in [0.15, 0.2) is 71.3 Å². The van der Waals surface area contributed by atoms with E-state index in [4.69, 9.17) is 16.0 Å². The standard InChI is InChI=1S/C8H6O.C6H5Cl.C6H10O.C5H8O/c1-2-4-8-7(3-1)5-6-9-8;2*7-6-4-2-1-3-5-6;6-5-3-1-2-4-5/h1-6H;1-5H;1-5H2;1-4H2. The molecule has 3 aromatic rings. The van der Waals surface area contributed by atoms with E-state index in [1.165, 1.54) is 6.42 Å². The van der Waals surface area contributed by atoms with Gasteiger partial charge in [0, 0.05) is 36.1 Å². The van der Waals surface area contributed by atoms with Crippen molar-refractivity contribution in [2.75, 3.05) is 0 Å². The lowest BCUT2D eigenvalue weighted by Crippen LogP contribution is -2.02. The Kier molecular flexibility index (Phi) is 10.8. The summed E-state index contributed by atoms with van der Waals surface area (Å²) in [6.07, 6.45) is 10.9. The fourth-order valence-electron chi connectivity index (χ4n) is 3.04. The summed E-state index contributed by atoms with van der Waals surface area (Å²) in [5.74, 6) is 0.918. The third-order valence-corrected chi connectivity index (χ3v) is 4.92. The topological polar surface area (TPSA) is 47.3 Å². The molecule has 0 bridgehead atoms. The van der Waals surface area contributed by atoms with Gasteiger partial charge in [-0.05, 0) is 49.9 Å². The minimum absolute atomic E-state index is 0.454. The minimum atomic E-state index is 0.454. The molecular formula is C25H29ClO3. The predicted octanol–water partition coefficient (Wildman–Crippen LogP) is 7.42. The lowest BCUT2D eigenvalue weighted by atomic mass is 10.00. The maximum atomic E-state index is 10.5. The van der Waals surface area contributed by atoms with Crippen LogP contribution >= 0.6 is 11.6 Å². The zero-order valence-corrected chi connectivity index (χ0v) is 17.6. The highest BCUT2D eigenvalue weighted by Gasteiger charge is 2.07. The molecule has 2 aliphatic carbocycles. The molecule has 0 aliphatic heterocycles. The molecule has 2 aromatic carbocycles. The molecule has 0 amide bonds. The van der Waals surface area contributed by atoms with Crippen molar-refractivity contribution in [1.29, 1.82) is 0 Å². The molecule has 2 fully saturated rings. The first-order valence-electron chi connectivity index (χ1n) is 10.3. The van der Waals surface area contributed by atoms with Crippen LogP contribution in [0.1, 0.15) is 57.8 Å². The smallest absolute Gasteiger partial charge is 0.133 e. The number of halogens is 1. The lowest BCUT2D eigenvalue weighted by Gasteiger charge is -2.05. The van der Waals surface area contributed by atoms with Gasteiger partial charge in [0.05, 0.1) is 6.26 Å². The van der Waals surface area contributed by atoms with Crippen LogP contribution < -0.4 is 0 Å². The Labute approximate surface area is 178 Å². The van der Waals surface area contributed by atoms with Crippen molar-refractivity contribution in [3.05, 3.63) is 71.9 Å². The van der Waals surface area contributed by atoms with Crippen LogP contribution in [-0.2, 0) is 9.59 Å². The van der Waals surface area contributed by atoms with Gasteiger partial charge in [0.2, 0.25) is 0 Å². The molecule has 0 N–H and O–H groups in total. The fourth-order valence-corrected chi connectivity index (χ4v) is 3.18. The van der Waals surface area contributed by atoms with Crippen LogP contribution in [0.4, 0.5) is 0 Å². The Hall–Kier alpha value is -2.39. The molecule has 1 heterocycles. The van der Waals surface area contributed by atoms with Crippen molar-refractivity contribution in [3.63, 3.8) is 0 Å². The molecular weight excluding hydrogens is 384 g/mol. The van der Waals surface area contributed by atoms with Gasteiger partial charge in [0.25, 0.3) is 0 Å². The summed E-state index contributed by atoms with van der Waals surface area (Å²) in [7, 11) is 0. The molecule has 5 rings (SSSR count). The molecule has 29 heavy (non-hydrogen) atoms. The molecule has 0 spiro atoms. The quantitative estimate of drug-likeness (QED) is 0.385. The van der Waals surface area contributed by atoms with E-state index >= 15 is 0 Å². The van der Waals surface area contributed by atoms with E-state index in [1.54, 1.807) is 6.26 Å². The number of carbonyl (C=O) groups excluding carboxylic acids is 2. The van der Waals surface area contributed by atoms with Gasteiger partial charge in [-0.1, -0.05) is 54.4 Å². The van der Waals surface area contributed by atoms with E-state index in [2.05, 4.69) is 0 Å². The lowest BCUT2D eigenvalue weighted by molar-refractivity contribution is -0.120. The van der Waals surface area contributed by atoms with Gasteiger partial charge < -0.3 is 4.42 Å². The van der Waals surface area contributed by atoms with E-state index in [-0.39, 0.29) is 0 Å². The average molecular weight is 413 g/mol. The molecule has 2 aliphatic rings. The summed E-state index contributed by atoms with van der Waals surface area (Å²) in [5.41, 5.74) is 0.956. The highest BCUT2D eigenvalue weighted by atomic mass is 35.5. The van der Waals surface area contributed by atoms with E-state index in [0.29, 0.717) is 11.6 Å². The zero-order chi connectivity index (χ0) is 20.7. The van der Waals surface area contributed by atoms with Crippen molar-refractivity contribution in [1.82, 2.24) is 0 Å². The number of ketones is 2. The van der Waals surface area contributed by atoms with Crippen LogP contribution in [0.2, 0.25) is 5.02 Å². The number of furan rings is 1. The minimum Gasteiger partial charge on any atom is -0.464 e. The van der Waals surface area contributed by atoms with Crippen LogP contribution in [0, 0.1) is 0 Å². The van der Waals surface area contributed by atoms with Gasteiger partial charge in [-0.25, -0.2) is 0 Å². The number of benzene rings is 2. The first kappa shape index (κ1) is 22.9. The maximum Gasteiger partial charge on any atom is 0.133 e. The first-order chi connectivity index (χ1) is 14.1. The Balaban J connectivity index is 0.000000140. The highest BCUT2D eigenvalue weighted by Crippen LogP contribution is 2.13. The summed E-state index contributed by atoms with van der Waals surface area (Å²) in [6.45, 7) is 0. The van der Waals surface area contributed by atoms with Gasteiger partial charge in [-0.15, -0.1) is 0 Å². The van der Waals surface area contributed by atoms with E-state index < -0.39 is 0 Å². The van der Waals surface area contributed by atoms with Crippen LogP contribution in [0.3, 0.4) is 0 Å². The number of hydrogen-bond acceptors (Lipinski definition) is 3. The molecule has 0 atom stereocenters. The second-order valence-corrected chi connectivity index (χ2v) is 7.54. The molecule has 0 radical (unpaired) electrons. The van der Waals surface area contributed by atoms with Gasteiger partial charge in [-0.2, -0.15) is 0 Å². The van der Waals surface area contributed by atoms with Crippen LogP contribution in [0.5, 0.6) is 0 Å². The number of Topliss-reactive ketones (excluding diaryl/α,β-unsaturated/α-hetero) is 2. The molecule has 154 valence electrons. The van der Waals surface area contributed by atoms with Gasteiger partial charge >= 0.3 is 0 Å². The Morgan fingerprint density at radius 3 is 1.59 bits per heavy atom. The number of hydrogen-bond donors (Lipinski definition) is 0. The number of carbonyl (C=O) groups is 2. The predicted molar refractivity (Wildman–Crippen MR) is 119 cm³/mol. The van der Waals surface area contributed by atoms with Crippen LogP contribution in [0.25, 0.3) is 11.0 Å². The molecule has 2 saturated carbocycles. The molecule has 3 nitrogen and oxygen atoms in total. The van der Waals surface area contributed by atoms with E-state index in [1.807, 2.05) is 60.7 Å². The average Bonchev–Trinajstić information content (AvgIpc) is 3.42. The third kappa shape index (κ3) is 10.1. The maximum absolute atomic E-state index is 10.5. The summed E-state index contributed by atoms with van der Waals surface area (Å²) >= 11 is 5.54. The van der Waals surface area contributed by atoms with Crippen molar-refractivity contribution in [2.24, 2.45) is 0 Å². The number of rotatable bonds is 0. The largest absolute Gasteiger partial charge is 0.464 e. The number of para-hydroxylation sites is 1. The second-order valence-electron chi connectivity index (χ2n) is 7.10. The Morgan fingerprint density at radius 1 is 0.621 bits per heavy atom. The van der Waals surface area contributed by atoms with Gasteiger partial charge in [0.15, 0.2) is 0 Å². The van der Waals surface area contributed by atoms with Gasteiger partial charge in [-0.3, -0.25) is 9.59 Å². The van der Waals surface area contributed by atoms with Crippen molar-refractivity contribution >= 4 is 34.1 Å². The van der Waals surface area contributed by atoms with Crippen molar-refractivity contribution in [3.8, 4) is 0 Å². The summed E-state index contributed by atoms with van der Waals surface area (Å²) in [6, 6.07) is 19.3. The van der Waals surface area contributed by atoms with E-state index in [0.717, 1.165) is 67.4 Å². The monoisotopic (exact) mass is 412 g/mol. The Bertz CT molecular complexity index is 808.